The Labute approximate surface area is 217 Å². The van der Waals surface area contributed by atoms with Crippen LogP contribution < -0.4 is 16.0 Å². The van der Waals surface area contributed by atoms with Crippen molar-refractivity contribution in [1.29, 1.82) is 0 Å². The maximum atomic E-state index is 12.5. The van der Waals surface area contributed by atoms with Crippen molar-refractivity contribution < 1.29 is 52.8 Å². The Hall–Kier alpha value is -3.84. The molecule has 0 radical (unpaired) electrons. The number of amides is 1. The second-order valence-corrected chi connectivity index (χ2v) is 9.58. The van der Waals surface area contributed by atoms with Gasteiger partial charge in [0.1, 0.15) is 0 Å². The van der Waals surface area contributed by atoms with Crippen molar-refractivity contribution in [3.8, 4) is 0 Å². The minimum atomic E-state index is -3.90. The predicted octanol–water partition coefficient (Wildman–Crippen LogP) is -2.98. The summed E-state index contributed by atoms with van der Waals surface area (Å²) in [5.74, 6) is -5.65. The van der Waals surface area contributed by atoms with E-state index in [0.29, 0.717) is 5.69 Å². The molecule has 1 amide bonds. The van der Waals surface area contributed by atoms with E-state index in [1.807, 2.05) is 0 Å². The van der Waals surface area contributed by atoms with Crippen molar-refractivity contribution in [2.24, 2.45) is 5.14 Å². The number of carboxylic acids is 4. The van der Waals surface area contributed by atoms with E-state index in [-0.39, 0.29) is 37.6 Å². The third kappa shape index (κ3) is 14.0. The average molecular weight is 563 g/mol. The number of nitrogens with one attached hydrogen (secondary N) is 2. The van der Waals surface area contributed by atoms with Crippen LogP contribution in [0.2, 0.25) is 0 Å². The van der Waals surface area contributed by atoms with Crippen LogP contribution in [0.4, 0.5) is 5.69 Å². The molecule has 0 unspecified atom stereocenters. The number of hydrogen-bond donors (Lipinski definition) is 7. The number of aliphatic carboxylic acids is 4. The number of anilines is 1. The number of carbonyl (C=O) groups excluding carboxylic acids is 1. The van der Waals surface area contributed by atoms with Crippen molar-refractivity contribution >= 4 is 45.5 Å². The number of benzene rings is 1. The summed E-state index contributed by atoms with van der Waals surface area (Å²) < 4.78 is 22.7. The van der Waals surface area contributed by atoms with Crippen LogP contribution in [0.1, 0.15) is 0 Å². The first kappa shape index (κ1) is 32.2. The van der Waals surface area contributed by atoms with Gasteiger partial charge in [0.25, 0.3) is 5.91 Å². The number of carboxylic acid groups (broad SMARTS) is 4. The molecule has 0 fully saturated rings. The van der Waals surface area contributed by atoms with Crippen molar-refractivity contribution in [3.63, 3.8) is 0 Å². The Balaban J connectivity index is 2.88. The smallest absolute Gasteiger partial charge is 0.317 e. The normalized spacial score (nSPS) is 11.5. The molecule has 0 saturated heterocycles. The molecule has 0 aliphatic rings. The molecule has 0 saturated carbocycles. The van der Waals surface area contributed by atoms with Gasteiger partial charge in [0.2, 0.25) is 10.0 Å². The van der Waals surface area contributed by atoms with Crippen LogP contribution in [0.5, 0.6) is 0 Å². The van der Waals surface area contributed by atoms with E-state index in [9.17, 15) is 32.4 Å². The van der Waals surface area contributed by atoms with E-state index in [1.54, 1.807) is 0 Å². The van der Waals surface area contributed by atoms with Gasteiger partial charge in [-0.25, -0.2) is 13.6 Å². The van der Waals surface area contributed by atoms with E-state index < -0.39 is 66.0 Å². The molecule has 1 aromatic carbocycles. The lowest BCUT2D eigenvalue weighted by atomic mass is 10.3. The molecule has 1 aromatic rings. The largest absolute Gasteiger partial charge is 0.480 e. The quantitative estimate of drug-likeness (QED) is 0.0830. The lowest BCUT2D eigenvalue weighted by Gasteiger charge is -2.28. The first-order chi connectivity index (χ1) is 17.6. The molecule has 212 valence electrons. The lowest BCUT2D eigenvalue weighted by Crippen LogP contribution is -2.47. The number of rotatable bonds is 19. The number of hydrazine groups is 1. The van der Waals surface area contributed by atoms with Crippen molar-refractivity contribution in [2.45, 2.75) is 4.90 Å². The Kier molecular flexibility index (Phi) is 13.1. The molecule has 0 atom stereocenters. The number of hydrogen-bond acceptors (Lipinski definition) is 11. The Morgan fingerprint density at radius 1 is 0.658 bits per heavy atom. The van der Waals surface area contributed by atoms with Crippen molar-refractivity contribution in [3.05, 3.63) is 24.3 Å². The van der Waals surface area contributed by atoms with Crippen molar-refractivity contribution in [1.82, 2.24) is 20.1 Å². The van der Waals surface area contributed by atoms with E-state index in [0.717, 1.165) is 9.80 Å². The second-order valence-electron chi connectivity index (χ2n) is 8.01. The van der Waals surface area contributed by atoms with Gasteiger partial charge < -0.3 is 20.4 Å². The molecular weight excluding hydrogens is 532 g/mol. The summed E-state index contributed by atoms with van der Waals surface area (Å²) in [6.07, 6.45) is 0. The molecule has 0 spiro atoms. The third-order valence-corrected chi connectivity index (χ3v) is 5.73. The Morgan fingerprint density at radius 3 is 1.37 bits per heavy atom. The molecule has 17 nitrogen and oxygen atoms in total. The van der Waals surface area contributed by atoms with Gasteiger partial charge in [-0.2, -0.15) is 0 Å². The fourth-order valence-electron chi connectivity index (χ4n) is 3.14. The summed E-state index contributed by atoms with van der Waals surface area (Å²) in [5, 5.41) is 41.1. The first-order valence-corrected chi connectivity index (χ1v) is 12.4. The van der Waals surface area contributed by atoms with Crippen LogP contribution >= 0.6 is 0 Å². The molecule has 0 heterocycles. The maximum Gasteiger partial charge on any atom is 0.317 e. The van der Waals surface area contributed by atoms with Gasteiger partial charge >= 0.3 is 23.9 Å². The summed E-state index contributed by atoms with van der Waals surface area (Å²) in [4.78, 5) is 60.3. The average Bonchev–Trinajstić information content (AvgIpc) is 2.77. The molecule has 0 aliphatic carbocycles. The third-order valence-electron chi connectivity index (χ3n) is 4.80. The van der Waals surface area contributed by atoms with E-state index >= 15 is 0 Å². The van der Waals surface area contributed by atoms with Gasteiger partial charge in [-0.3, -0.25) is 49.5 Å². The molecule has 0 bridgehead atoms. The molecular formula is C20H30N6O11S. The highest BCUT2D eigenvalue weighted by atomic mass is 32.2. The molecule has 0 aliphatic heterocycles. The second kappa shape index (κ2) is 15.4. The van der Waals surface area contributed by atoms with Crippen LogP contribution in [-0.4, -0.2) is 132 Å². The topological polar surface area (TPSA) is 260 Å². The zero-order valence-corrected chi connectivity index (χ0v) is 21.0. The van der Waals surface area contributed by atoms with Crippen molar-refractivity contribution in [2.75, 3.05) is 64.3 Å². The molecule has 0 aromatic heterocycles. The van der Waals surface area contributed by atoms with Gasteiger partial charge in [-0.15, -0.1) is 0 Å². The van der Waals surface area contributed by atoms with Gasteiger partial charge in [-0.1, -0.05) is 0 Å². The summed E-state index contributed by atoms with van der Waals surface area (Å²) in [6, 6.07) is 5.14. The van der Waals surface area contributed by atoms with Crippen LogP contribution in [0.3, 0.4) is 0 Å². The number of sulfonamides is 1. The zero-order chi connectivity index (χ0) is 28.9. The molecule has 18 heteroatoms. The van der Waals surface area contributed by atoms with Crippen LogP contribution in [-0.2, 0) is 34.0 Å². The fraction of sp³-hybridized carbons (Fsp3) is 0.450. The predicted molar refractivity (Wildman–Crippen MR) is 129 cm³/mol. The molecule has 1 rings (SSSR count). The van der Waals surface area contributed by atoms with Gasteiger partial charge in [0.05, 0.1) is 43.3 Å². The molecule has 38 heavy (non-hydrogen) atoms. The highest BCUT2D eigenvalue weighted by molar-refractivity contribution is 7.89. The zero-order valence-electron chi connectivity index (χ0n) is 20.1. The van der Waals surface area contributed by atoms with Gasteiger partial charge in [0, 0.05) is 26.2 Å². The first-order valence-electron chi connectivity index (χ1n) is 10.9. The summed E-state index contributed by atoms with van der Waals surface area (Å²) >= 11 is 0. The summed E-state index contributed by atoms with van der Waals surface area (Å²) in [6.45, 7) is -2.79. The van der Waals surface area contributed by atoms with Gasteiger partial charge in [0.15, 0.2) is 0 Å². The highest BCUT2D eigenvalue weighted by Crippen LogP contribution is 2.11. The minimum absolute atomic E-state index is 0.00891. The molecule has 8 N–H and O–H groups in total. The van der Waals surface area contributed by atoms with Crippen LogP contribution in [0, 0.1) is 0 Å². The number of nitrogens with two attached hydrogens (primary N) is 1. The summed E-state index contributed by atoms with van der Waals surface area (Å²) in [5.41, 5.74) is 5.27. The van der Waals surface area contributed by atoms with Crippen LogP contribution in [0.15, 0.2) is 29.2 Å². The fourth-order valence-corrected chi connectivity index (χ4v) is 3.66. The Morgan fingerprint density at radius 2 is 1.03 bits per heavy atom. The number of carbonyl (C=O) groups is 5. The Bertz CT molecular complexity index is 1030. The van der Waals surface area contributed by atoms with E-state index in [4.69, 9.17) is 25.6 Å². The number of primary sulfonamides is 1. The van der Waals surface area contributed by atoms with E-state index in [2.05, 4.69) is 10.9 Å². The lowest BCUT2D eigenvalue weighted by molar-refractivity contribution is -0.143. The standard InChI is InChI=1S/C20H30N6O11S/c21-38(36,37)15-3-1-14(2-4-15)22-23-16(27)9-24(5-7-25(10-17(28)29)11-18(30)31)6-8-26(12-19(32)33)13-20(34)35/h1-4,22H,5-13H2,(H,23,27)(H,28,29)(H,30,31)(H,32,33)(H,34,35)(H2,21,36,37). The van der Waals surface area contributed by atoms with Crippen LogP contribution in [0.25, 0.3) is 0 Å². The highest BCUT2D eigenvalue weighted by Gasteiger charge is 2.19. The SMILES string of the molecule is NS(=O)(=O)c1ccc(NNC(=O)CN(CCN(CC(=O)O)CC(=O)O)CCN(CC(=O)O)CC(=O)O)cc1. The monoisotopic (exact) mass is 562 g/mol. The maximum absolute atomic E-state index is 12.5. The van der Waals surface area contributed by atoms with E-state index in [1.165, 1.54) is 29.2 Å². The minimum Gasteiger partial charge on any atom is -0.480 e. The van der Waals surface area contributed by atoms with Gasteiger partial charge in [-0.05, 0) is 24.3 Å². The summed E-state index contributed by atoms with van der Waals surface area (Å²) in [7, 11) is -3.90. The number of nitrogens with zero attached hydrogens (tertiary/aromatic N) is 3.